The summed E-state index contributed by atoms with van der Waals surface area (Å²) < 4.78 is 0. The van der Waals surface area contributed by atoms with Crippen LogP contribution >= 0.6 is 0 Å². The van der Waals surface area contributed by atoms with Crippen LogP contribution in [0.25, 0.3) is 0 Å². The van der Waals surface area contributed by atoms with Crippen molar-refractivity contribution in [2.24, 2.45) is 5.92 Å². The van der Waals surface area contributed by atoms with E-state index in [4.69, 9.17) is 0 Å². The zero-order valence-electron chi connectivity index (χ0n) is 13.9. The van der Waals surface area contributed by atoms with E-state index in [1.54, 1.807) is 0 Å². The fraction of sp³-hybridized carbons (Fsp3) is 0.632. The maximum atomic E-state index is 12.6. The predicted molar refractivity (Wildman–Crippen MR) is 89.9 cm³/mol. The van der Waals surface area contributed by atoms with Gasteiger partial charge in [-0.2, -0.15) is 0 Å². The molecule has 1 aliphatic heterocycles. The van der Waals surface area contributed by atoms with Crippen molar-refractivity contribution in [3.05, 3.63) is 35.4 Å². The van der Waals surface area contributed by atoms with Crippen LogP contribution in [0.4, 0.5) is 0 Å². The third-order valence-corrected chi connectivity index (χ3v) is 5.42. The number of nitrogens with zero attached hydrogens (tertiary/aromatic N) is 2. The monoisotopic (exact) mass is 300 g/mol. The molecule has 1 aromatic carbocycles. The third-order valence-electron chi connectivity index (χ3n) is 5.42. The van der Waals surface area contributed by atoms with Gasteiger partial charge in [0, 0.05) is 25.7 Å². The van der Waals surface area contributed by atoms with E-state index >= 15 is 0 Å². The molecule has 1 heterocycles. The zero-order valence-corrected chi connectivity index (χ0v) is 13.9. The highest BCUT2D eigenvalue weighted by Gasteiger charge is 2.33. The van der Waals surface area contributed by atoms with Crippen molar-refractivity contribution in [2.45, 2.75) is 45.6 Å². The number of carbonyl (C=O) groups is 1. The van der Waals surface area contributed by atoms with Gasteiger partial charge in [0.05, 0.1) is 5.92 Å². The Morgan fingerprint density at radius 3 is 2.41 bits per heavy atom. The van der Waals surface area contributed by atoms with E-state index in [1.165, 1.54) is 11.1 Å². The maximum Gasteiger partial charge on any atom is 0.226 e. The number of likely N-dealkylation sites (tertiary alicyclic amines) is 1. The molecule has 0 aromatic heterocycles. The van der Waals surface area contributed by atoms with Crippen molar-refractivity contribution in [1.29, 1.82) is 0 Å². The highest BCUT2D eigenvalue weighted by Crippen LogP contribution is 2.29. The first-order chi connectivity index (χ1) is 10.7. The van der Waals surface area contributed by atoms with Gasteiger partial charge in [0.15, 0.2) is 0 Å². The molecule has 1 aliphatic carbocycles. The number of amides is 1. The fourth-order valence-electron chi connectivity index (χ4n) is 4.13. The Morgan fingerprint density at radius 1 is 1.18 bits per heavy atom. The van der Waals surface area contributed by atoms with E-state index in [2.05, 4.69) is 43.0 Å². The minimum atomic E-state index is 0.206. The van der Waals surface area contributed by atoms with Crippen molar-refractivity contribution >= 4 is 5.91 Å². The lowest BCUT2D eigenvalue weighted by molar-refractivity contribution is -0.137. The molecule has 120 valence electrons. The molecule has 0 bridgehead atoms. The molecule has 0 saturated carbocycles. The second-order valence-electron chi connectivity index (χ2n) is 6.68. The first-order valence-electron chi connectivity index (χ1n) is 8.82. The van der Waals surface area contributed by atoms with Crippen molar-refractivity contribution < 1.29 is 4.79 Å². The lowest BCUT2D eigenvalue weighted by Crippen LogP contribution is -2.48. The summed E-state index contributed by atoms with van der Waals surface area (Å²) in [6, 6.07) is 9.41. The summed E-state index contributed by atoms with van der Waals surface area (Å²) in [5, 5.41) is 0. The van der Waals surface area contributed by atoms with Gasteiger partial charge in [-0.3, -0.25) is 9.69 Å². The van der Waals surface area contributed by atoms with Gasteiger partial charge in [0.2, 0.25) is 5.91 Å². The van der Waals surface area contributed by atoms with Crippen molar-refractivity contribution in [3.63, 3.8) is 0 Å². The van der Waals surface area contributed by atoms with Gasteiger partial charge in [-0.05, 0) is 57.2 Å². The number of rotatable bonds is 4. The van der Waals surface area contributed by atoms with Crippen LogP contribution in [0.2, 0.25) is 0 Å². The number of carbonyl (C=O) groups excluding carboxylic acids is 1. The van der Waals surface area contributed by atoms with Crippen LogP contribution in [-0.2, 0) is 17.6 Å². The van der Waals surface area contributed by atoms with Gasteiger partial charge >= 0.3 is 0 Å². The van der Waals surface area contributed by atoms with Crippen molar-refractivity contribution in [1.82, 2.24) is 9.80 Å². The van der Waals surface area contributed by atoms with E-state index in [-0.39, 0.29) is 5.92 Å². The van der Waals surface area contributed by atoms with Gasteiger partial charge in [-0.15, -0.1) is 0 Å². The summed E-state index contributed by atoms with van der Waals surface area (Å²) in [5.41, 5.74) is 3.01. The zero-order chi connectivity index (χ0) is 15.5. The van der Waals surface area contributed by atoms with Gasteiger partial charge in [-0.25, -0.2) is 0 Å². The van der Waals surface area contributed by atoms with Crippen molar-refractivity contribution in [2.75, 3.05) is 26.2 Å². The first kappa shape index (κ1) is 15.5. The van der Waals surface area contributed by atoms with Gasteiger partial charge in [-0.1, -0.05) is 24.3 Å². The molecule has 1 amide bonds. The molecular formula is C19H28N2O. The predicted octanol–water partition coefficient (Wildman–Crippen LogP) is 2.73. The summed E-state index contributed by atoms with van der Waals surface area (Å²) >= 11 is 0. The van der Waals surface area contributed by atoms with E-state index < -0.39 is 0 Å². The van der Waals surface area contributed by atoms with Crippen LogP contribution in [0, 0.1) is 5.92 Å². The van der Waals surface area contributed by atoms with Crippen LogP contribution in [0.15, 0.2) is 24.3 Å². The van der Waals surface area contributed by atoms with Crippen LogP contribution in [0.1, 0.15) is 37.8 Å². The molecule has 0 N–H and O–H groups in total. The largest absolute Gasteiger partial charge is 0.343 e. The Bertz CT molecular complexity index is 499. The standard InChI is InChI=1S/C19H28N2O/c1-3-20(4-2)19(22)17-10-7-11-21(14-17)18-12-15-8-5-6-9-16(15)13-18/h5-6,8-9,17-18H,3-4,7,10-14H2,1-2H3/t17-/m1/s1. The molecule has 0 spiro atoms. The molecule has 3 nitrogen and oxygen atoms in total. The average Bonchev–Trinajstić information content (AvgIpc) is 3.00. The van der Waals surface area contributed by atoms with Gasteiger partial charge in [0.1, 0.15) is 0 Å². The minimum absolute atomic E-state index is 0.206. The van der Waals surface area contributed by atoms with Crippen LogP contribution in [0.3, 0.4) is 0 Å². The Hall–Kier alpha value is -1.35. The molecule has 1 fully saturated rings. The van der Waals surface area contributed by atoms with Crippen LogP contribution in [0.5, 0.6) is 0 Å². The quantitative estimate of drug-likeness (QED) is 0.853. The lowest BCUT2D eigenvalue weighted by Gasteiger charge is -2.37. The summed E-state index contributed by atoms with van der Waals surface area (Å²) in [5.74, 6) is 0.572. The molecule has 22 heavy (non-hydrogen) atoms. The summed E-state index contributed by atoms with van der Waals surface area (Å²) in [6.45, 7) is 7.93. The second kappa shape index (κ2) is 6.82. The number of benzene rings is 1. The van der Waals surface area contributed by atoms with E-state index in [0.717, 1.165) is 51.9 Å². The highest BCUT2D eigenvalue weighted by atomic mass is 16.2. The van der Waals surface area contributed by atoms with Gasteiger partial charge in [0.25, 0.3) is 0 Å². The Kier molecular flexibility index (Phi) is 4.82. The SMILES string of the molecule is CCN(CC)C(=O)[C@@H]1CCCN(C2Cc3ccccc3C2)C1. The second-order valence-corrected chi connectivity index (χ2v) is 6.68. The average molecular weight is 300 g/mol. The molecule has 2 aliphatic rings. The smallest absolute Gasteiger partial charge is 0.226 e. The maximum absolute atomic E-state index is 12.6. The van der Waals surface area contributed by atoms with Crippen LogP contribution < -0.4 is 0 Å². The Balaban J connectivity index is 1.63. The molecule has 0 unspecified atom stereocenters. The number of hydrogen-bond acceptors (Lipinski definition) is 2. The third kappa shape index (κ3) is 3.05. The number of hydrogen-bond donors (Lipinski definition) is 0. The summed E-state index contributed by atoms with van der Waals surface area (Å²) in [4.78, 5) is 17.2. The lowest BCUT2D eigenvalue weighted by atomic mass is 9.94. The van der Waals surface area contributed by atoms with Gasteiger partial charge < -0.3 is 4.90 Å². The van der Waals surface area contributed by atoms with E-state index in [0.29, 0.717) is 11.9 Å². The van der Waals surface area contributed by atoms with E-state index in [9.17, 15) is 4.79 Å². The summed E-state index contributed by atoms with van der Waals surface area (Å²) in [6.07, 6.45) is 4.53. The minimum Gasteiger partial charge on any atom is -0.343 e. The fourth-order valence-corrected chi connectivity index (χ4v) is 4.13. The highest BCUT2D eigenvalue weighted by molar-refractivity contribution is 5.79. The Morgan fingerprint density at radius 2 is 1.82 bits per heavy atom. The molecule has 3 heteroatoms. The summed E-state index contributed by atoms with van der Waals surface area (Å²) in [7, 11) is 0. The molecular weight excluding hydrogens is 272 g/mol. The Labute approximate surface area is 134 Å². The molecule has 1 aromatic rings. The molecule has 0 radical (unpaired) electrons. The van der Waals surface area contributed by atoms with E-state index in [1.807, 2.05) is 4.90 Å². The molecule has 1 atom stereocenters. The molecule has 1 saturated heterocycles. The number of piperidine rings is 1. The van der Waals surface area contributed by atoms with Crippen LogP contribution in [-0.4, -0.2) is 47.9 Å². The normalized spacial score (nSPS) is 22.5. The number of fused-ring (bicyclic) bond motifs is 1. The first-order valence-corrected chi connectivity index (χ1v) is 8.82. The van der Waals surface area contributed by atoms with Crippen molar-refractivity contribution in [3.8, 4) is 0 Å². The molecule has 3 rings (SSSR count). The topological polar surface area (TPSA) is 23.6 Å².